The average molecular weight is 423 g/mol. The third kappa shape index (κ3) is 5.24. The maximum Gasteiger partial charge on any atom is 0.191 e. The van der Waals surface area contributed by atoms with Crippen molar-refractivity contribution < 1.29 is 9.47 Å². The lowest BCUT2D eigenvalue weighted by atomic mass is 10.0. The van der Waals surface area contributed by atoms with Gasteiger partial charge >= 0.3 is 0 Å². The molecule has 0 spiro atoms. The molecule has 6 heteroatoms. The predicted molar refractivity (Wildman–Crippen MR) is 127 cm³/mol. The standard InChI is InChI=1S/C25H34N4O2/c1-26-25(27-17-18-7-8-19-5-4-6-20(19)13-18)28-21-9-11-29(12-10-21)22-14-23(30-2)16-24(15-22)31-3/h7-8,13-16,21H,4-6,9-12,17H2,1-3H3,(H2,26,27,28). The summed E-state index contributed by atoms with van der Waals surface area (Å²) in [5, 5.41) is 7.10. The van der Waals surface area contributed by atoms with Gasteiger partial charge in [-0.25, -0.2) is 0 Å². The van der Waals surface area contributed by atoms with E-state index >= 15 is 0 Å². The van der Waals surface area contributed by atoms with Gasteiger partial charge in [-0.15, -0.1) is 0 Å². The van der Waals surface area contributed by atoms with Gasteiger partial charge in [0.1, 0.15) is 11.5 Å². The molecule has 4 rings (SSSR count). The molecule has 2 aromatic rings. The predicted octanol–water partition coefficient (Wildman–Crippen LogP) is 3.53. The summed E-state index contributed by atoms with van der Waals surface area (Å²) in [7, 11) is 5.22. The smallest absolute Gasteiger partial charge is 0.191 e. The van der Waals surface area contributed by atoms with Crippen molar-refractivity contribution >= 4 is 11.6 Å². The second kappa shape index (κ2) is 9.94. The molecule has 1 fully saturated rings. The zero-order chi connectivity index (χ0) is 21.6. The van der Waals surface area contributed by atoms with Crippen LogP contribution in [0, 0.1) is 0 Å². The Morgan fingerprint density at radius 3 is 2.39 bits per heavy atom. The summed E-state index contributed by atoms with van der Waals surface area (Å²) in [6.07, 6.45) is 5.84. The summed E-state index contributed by atoms with van der Waals surface area (Å²) in [6, 6.07) is 13.4. The third-order valence-corrected chi connectivity index (χ3v) is 6.38. The Hall–Kier alpha value is -2.89. The third-order valence-electron chi connectivity index (χ3n) is 6.38. The molecule has 2 aromatic carbocycles. The van der Waals surface area contributed by atoms with E-state index in [0.29, 0.717) is 6.04 Å². The maximum absolute atomic E-state index is 5.42. The van der Waals surface area contributed by atoms with Crippen molar-refractivity contribution in [1.82, 2.24) is 10.6 Å². The monoisotopic (exact) mass is 422 g/mol. The average Bonchev–Trinajstić information content (AvgIpc) is 3.29. The molecule has 1 aliphatic heterocycles. The van der Waals surface area contributed by atoms with Gasteiger partial charge in [0, 0.05) is 56.6 Å². The number of anilines is 1. The minimum Gasteiger partial charge on any atom is -0.497 e. The quantitative estimate of drug-likeness (QED) is 0.551. The second-order valence-corrected chi connectivity index (χ2v) is 8.36. The van der Waals surface area contributed by atoms with Gasteiger partial charge in [0.05, 0.1) is 14.2 Å². The molecule has 2 N–H and O–H groups in total. The van der Waals surface area contributed by atoms with Crippen LogP contribution in [0.4, 0.5) is 5.69 Å². The summed E-state index contributed by atoms with van der Waals surface area (Å²) in [6.45, 7) is 2.76. The van der Waals surface area contributed by atoms with Crippen LogP contribution in [0.1, 0.15) is 36.0 Å². The number of fused-ring (bicyclic) bond motifs is 1. The molecule has 0 saturated carbocycles. The van der Waals surface area contributed by atoms with Gasteiger partial charge < -0.3 is 25.0 Å². The highest BCUT2D eigenvalue weighted by Crippen LogP contribution is 2.30. The van der Waals surface area contributed by atoms with Crippen LogP contribution in [0.5, 0.6) is 11.5 Å². The number of methoxy groups -OCH3 is 2. The summed E-state index contributed by atoms with van der Waals surface area (Å²) >= 11 is 0. The number of ether oxygens (including phenoxy) is 2. The van der Waals surface area contributed by atoms with Crippen molar-refractivity contribution in [3.8, 4) is 11.5 Å². The molecule has 31 heavy (non-hydrogen) atoms. The van der Waals surface area contributed by atoms with E-state index in [4.69, 9.17) is 9.47 Å². The number of rotatable bonds is 6. The number of benzene rings is 2. The van der Waals surface area contributed by atoms with Crippen LogP contribution in [0.25, 0.3) is 0 Å². The van der Waals surface area contributed by atoms with Crippen molar-refractivity contribution in [1.29, 1.82) is 0 Å². The van der Waals surface area contributed by atoms with E-state index in [9.17, 15) is 0 Å². The van der Waals surface area contributed by atoms with E-state index in [1.54, 1.807) is 14.2 Å². The van der Waals surface area contributed by atoms with Crippen molar-refractivity contribution in [3.63, 3.8) is 0 Å². The molecule has 2 aliphatic rings. The highest BCUT2D eigenvalue weighted by molar-refractivity contribution is 5.80. The number of guanidine groups is 1. The molecule has 0 radical (unpaired) electrons. The zero-order valence-electron chi connectivity index (χ0n) is 18.9. The Kier molecular flexibility index (Phi) is 6.85. The van der Waals surface area contributed by atoms with Gasteiger partial charge in [-0.2, -0.15) is 0 Å². The highest BCUT2D eigenvalue weighted by atomic mass is 16.5. The number of hydrogen-bond acceptors (Lipinski definition) is 4. The van der Waals surface area contributed by atoms with E-state index in [2.05, 4.69) is 50.9 Å². The van der Waals surface area contributed by atoms with E-state index < -0.39 is 0 Å². The fourth-order valence-corrected chi connectivity index (χ4v) is 4.57. The van der Waals surface area contributed by atoms with Crippen LogP contribution in [0.15, 0.2) is 41.4 Å². The molecular formula is C25H34N4O2. The van der Waals surface area contributed by atoms with Crippen LogP contribution in [0.3, 0.4) is 0 Å². The van der Waals surface area contributed by atoms with Crippen molar-refractivity contribution in [3.05, 3.63) is 53.1 Å². The first kappa shape index (κ1) is 21.3. The Morgan fingerprint density at radius 1 is 1.00 bits per heavy atom. The maximum atomic E-state index is 5.42. The van der Waals surface area contributed by atoms with E-state index in [-0.39, 0.29) is 0 Å². The van der Waals surface area contributed by atoms with Crippen LogP contribution in [0.2, 0.25) is 0 Å². The summed E-state index contributed by atoms with van der Waals surface area (Å²) < 4.78 is 10.8. The fourth-order valence-electron chi connectivity index (χ4n) is 4.57. The summed E-state index contributed by atoms with van der Waals surface area (Å²) in [5.41, 5.74) is 5.51. The Labute approximate surface area is 185 Å². The van der Waals surface area contributed by atoms with Gasteiger partial charge in [-0.1, -0.05) is 18.2 Å². The number of nitrogens with zero attached hydrogens (tertiary/aromatic N) is 2. The van der Waals surface area contributed by atoms with Gasteiger partial charge in [-0.05, 0) is 48.8 Å². The fraction of sp³-hybridized carbons (Fsp3) is 0.480. The van der Waals surface area contributed by atoms with Crippen LogP contribution in [-0.4, -0.2) is 46.4 Å². The van der Waals surface area contributed by atoms with Gasteiger partial charge in [0.2, 0.25) is 0 Å². The summed E-state index contributed by atoms with van der Waals surface area (Å²) in [4.78, 5) is 6.83. The lowest BCUT2D eigenvalue weighted by Crippen LogP contribution is -2.48. The largest absolute Gasteiger partial charge is 0.497 e. The Morgan fingerprint density at radius 2 is 1.71 bits per heavy atom. The molecule has 1 aliphatic carbocycles. The lowest BCUT2D eigenvalue weighted by molar-refractivity contribution is 0.393. The summed E-state index contributed by atoms with van der Waals surface area (Å²) in [5.74, 6) is 2.53. The van der Waals surface area contributed by atoms with Crippen molar-refractivity contribution in [2.45, 2.75) is 44.7 Å². The van der Waals surface area contributed by atoms with Crippen molar-refractivity contribution in [2.75, 3.05) is 39.3 Å². The number of piperidine rings is 1. The molecular weight excluding hydrogens is 388 g/mol. The molecule has 0 atom stereocenters. The molecule has 6 nitrogen and oxygen atoms in total. The number of nitrogens with one attached hydrogen (secondary N) is 2. The van der Waals surface area contributed by atoms with E-state index in [0.717, 1.165) is 55.6 Å². The number of aliphatic imine (C=N–C) groups is 1. The second-order valence-electron chi connectivity index (χ2n) is 8.36. The minimum atomic E-state index is 0.412. The van der Waals surface area contributed by atoms with Crippen molar-refractivity contribution in [2.24, 2.45) is 4.99 Å². The zero-order valence-corrected chi connectivity index (χ0v) is 18.9. The van der Waals surface area contributed by atoms with Gasteiger partial charge in [0.15, 0.2) is 5.96 Å². The van der Waals surface area contributed by atoms with E-state index in [1.807, 2.05) is 13.1 Å². The van der Waals surface area contributed by atoms with Gasteiger partial charge in [-0.3, -0.25) is 4.99 Å². The SMILES string of the molecule is CN=C(NCc1ccc2c(c1)CCC2)NC1CCN(c2cc(OC)cc(OC)c2)CC1. The molecule has 0 amide bonds. The normalized spacial score (nSPS) is 16.7. The van der Waals surface area contributed by atoms with Crippen LogP contribution >= 0.6 is 0 Å². The number of aryl methyl sites for hydroxylation is 2. The topological polar surface area (TPSA) is 58.1 Å². The van der Waals surface area contributed by atoms with E-state index in [1.165, 1.54) is 36.0 Å². The number of hydrogen-bond donors (Lipinski definition) is 2. The molecule has 166 valence electrons. The first-order valence-corrected chi connectivity index (χ1v) is 11.2. The first-order chi connectivity index (χ1) is 15.2. The molecule has 1 saturated heterocycles. The minimum absolute atomic E-state index is 0.412. The van der Waals surface area contributed by atoms with Gasteiger partial charge in [0.25, 0.3) is 0 Å². The Balaban J connectivity index is 1.28. The molecule has 1 heterocycles. The molecule has 0 bridgehead atoms. The lowest BCUT2D eigenvalue weighted by Gasteiger charge is -2.34. The molecule has 0 unspecified atom stereocenters. The molecule has 0 aromatic heterocycles. The highest BCUT2D eigenvalue weighted by Gasteiger charge is 2.21. The first-order valence-electron chi connectivity index (χ1n) is 11.2. The Bertz CT molecular complexity index is 897. The van der Waals surface area contributed by atoms with Crippen LogP contribution in [-0.2, 0) is 19.4 Å². The van der Waals surface area contributed by atoms with Crippen LogP contribution < -0.4 is 25.0 Å².